The van der Waals surface area contributed by atoms with E-state index in [9.17, 15) is 28.8 Å². The fourth-order valence-electron chi connectivity index (χ4n) is 4.15. The number of aromatic nitrogens is 1. The van der Waals surface area contributed by atoms with Gasteiger partial charge in [0.15, 0.2) is 25.3 Å². The van der Waals surface area contributed by atoms with Gasteiger partial charge in [0.05, 0.1) is 6.04 Å². The van der Waals surface area contributed by atoms with Gasteiger partial charge in [0.25, 0.3) is 5.91 Å². The summed E-state index contributed by atoms with van der Waals surface area (Å²) < 4.78 is 22.4. The van der Waals surface area contributed by atoms with Crippen LogP contribution in [0.25, 0.3) is 0 Å². The summed E-state index contributed by atoms with van der Waals surface area (Å²) in [6.45, 7) is 20.5. The molecule has 1 aromatic heterocycles. The Kier molecular flexibility index (Phi) is 13.3. The molecule has 0 radical (unpaired) electrons. The van der Waals surface area contributed by atoms with E-state index in [1.807, 2.05) is 33.9 Å². The second kappa shape index (κ2) is 16.0. The number of oxime groups is 1. The van der Waals surface area contributed by atoms with Crippen LogP contribution in [0.3, 0.4) is 0 Å². The number of anilines is 1. The van der Waals surface area contributed by atoms with E-state index in [1.165, 1.54) is 12.3 Å². The molecule has 0 aliphatic carbocycles. The largest absolute Gasteiger partial charge is 0.510 e. The monoisotopic (exact) mass is 728 g/mol. The van der Waals surface area contributed by atoms with Crippen molar-refractivity contribution in [2.75, 3.05) is 18.5 Å². The molecule has 1 aromatic rings. The number of β-lactam (4-membered cyclic amide) rings is 1. The Hall–Kier alpha value is -4.26. The average Bonchev–Trinajstić information content (AvgIpc) is 3.36. The van der Waals surface area contributed by atoms with Crippen LogP contribution in [0.1, 0.15) is 74.9 Å². The average molecular weight is 729 g/mol. The number of nitrogens with one attached hydrogen (secondary N) is 3. The summed E-state index contributed by atoms with van der Waals surface area (Å²) in [6.07, 6.45) is -2.47. The smallest absolute Gasteiger partial charge is 0.457 e. The molecule has 0 aromatic carbocycles. The summed E-state index contributed by atoms with van der Waals surface area (Å²) in [5, 5.41) is 12.4. The Morgan fingerprint density at radius 3 is 2.22 bits per heavy atom. The molecule has 274 valence electrons. The van der Waals surface area contributed by atoms with Gasteiger partial charge in [0, 0.05) is 5.38 Å². The molecule has 1 aliphatic heterocycles. The molecule has 2 rings (SSSR count). The fraction of sp³-hybridized carbons (Fsp3) is 0.667. The van der Waals surface area contributed by atoms with E-state index in [-0.39, 0.29) is 22.5 Å². The number of hydrogen-bond donors (Lipinski definition) is 3. The first-order chi connectivity index (χ1) is 22.4. The van der Waals surface area contributed by atoms with Crippen molar-refractivity contribution in [1.82, 2.24) is 20.2 Å². The van der Waals surface area contributed by atoms with Crippen molar-refractivity contribution >= 4 is 66.9 Å². The number of esters is 1. The van der Waals surface area contributed by atoms with E-state index in [0.29, 0.717) is 6.41 Å². The number of amides is 4. The lowest BCUT2D eigenvalue weighted by Gasteiger charge is -2.57. The first-order valence-corrected chi connectivity index (χ1v) is 19.2. The van der Waals surface area contributed by atoms with Crippen molar-refractivity contribution in [3.8, 4) is 0 Å². The fourth-order valence-corrected chi connectivity index (χ4v) is 7.30. The van der Waals surface area contributed by atoms with Crippen molar-refractivity contribution < 1.29 is 52.6 Å². The van der Waals surface area contributed by atoms with E-state index in [0.717, 1.165) is 11.3 Å². The van der Waals surface area contributed by atoms with Crippen LogP contribution in [0.15, 0.2) is 10.5 Å². The van der Waals surface area contributed by atoms with E-state index < -0.39 is 80.1 Å². The number of hydrogen-bond acceptors (Lipinski definition) is 14. The summed E-state index contributed by atoms with van der Waals surface area (Å²) in [4.78, 5) is 84.4. The molecule has 0 spiro atoms. The van der Waals surface area contributed by atoms with Crippen LogP contribution in [-0.2, 0) is 43.0 Å². The maximum atomic E-state index is 13.8. The van der Waals surface area contributed by atoms with Crippen molar-refractivity contribution in [3.05, 3.63) is 11.1 Å². The summed E-state index contributed by atoms with van der Waals surface area (Å²) >= 11 is 0.964. The lowest BCUT2D eigenvalue weighted by molar-refractivity contribution is -0.160. The highest BCUT2D eigenvalue weighted by molar-refractivity contribution is 7.14. The Balaban J connectivity index is 2.38. The van der Waals surface area contributed by atoms with Gasteiger partial charge in [0.1, 0.15) is 29.5 Å². The van der Waals surface area contributed by atoms with Gasteiger partial charge >= 0.3 is 18.2 Å². The number of rotatable bonds is 13. The Labute approximate surface area is 290 Å². The van der Waals surface area contributed by atoms with Gasteiger partial charge < -0.3 is 39.0 Å². The lowest BCUT2D eigenvalue weighted by Crippen LogP contribution is -2.80. The number of carbonyl (C=O) groups excluding carboxylic acids is 6. The molecule has 17 nitrogen and oxygen atoms in total. The molecule has 1 aliphatic rings. The predicted molar refractivity (Wildman–Crippen MR) is 181 cm³/mol. The summed E-state index contributed by atoms with van der Waals surface area (Å²) in [5.41, 5.74) is -2.03. The molecular formula is C30H48N6O11SSi. The highest BCUT2D eigenvalue weighted by Gasteiger charge is 2.58. The maximum Gasteiger partial charge on any atom is 0.510 e. The van der Waals surface area contributed by atoms with Crippen LogP contribution < -0.4 is 16.0 Å². The minimum absolute atomic E-state index is 0.0428. The zero-order valence-electron chi connectivity index (χ0n) is 30.0. The van der Waals surface area contributed by atoms with E-state index in [2.05, 4.69) is 26.1 Å². The molecule has 1 saturated heterocycles. The van der Waals surface area contributed by atoms with Gasteiger partial charge in [-0.25, -0.2) is 19.4 Å². The molecule has 3 N–H and O–H groups in total. The number of nitrogens with zero attached hydrogens (tertiary/aromatic N) is 3. The maximum absolute atomic E-state index is 13.8. The third-order valence-electron chi connectivity index (χ3n) is 7.22. The SMILES string of the molecule is CC(NC=O)OC(=O)OC[C@H]1[C@@H](NC(=O)/C(=N\OCC(=O)OC(C)(C)C)c2csc(NC(=O)OC(C)(C)C)n2)C(=O)N1[Si](C)(C)C(C)(C)C. The molecule has 1 unspecified atom stereocenters. The molecule has 1 fully saturated rings. The number of ether oxygens (including phenoxy) is 4. The highest BCUT2D eigenvalue weighted by atomic mass is 32.1. The first kappa shape index (κ1) is 40.9. The zero-order valence-corrected chi connectivity index (χ0v) is 31.9. The van der Waals surface area contributed by atoms with Crippen LogP contribution >= 0.6 is 11.3 Å². The standard InChI is InChI=1S/C30H48N6O11SSi/c1-17(31-16-37)45-27(42)43-13-19-22(24(40)36(19)49(11,12)30(8,9)10)33-23(39)21(35-44-14-20(38)46-28(2,3)4)18-15-48-25(32-18)34-26(41)47-29(5,6)7/h15-17,19,22H,13-14H2,1-12H3,(H,31,37)(H,33,39)(H,32,34,41)/b35-21-/t17?,19-,22+/m0/s1. The normalized spacial score (nSPS) is 17.6. The highest BCUT2D eigenvalue weighted by Crippen LogP contribution is 2.43. The molecule has 19 heteroatoms. The van der Waals surface area contributed by atoms with Gasteiger partial charge in [-0.3, -0.25) is 19.7 Å². The molecule has 3 atom stereocenters. The molecular weight excluding hydrogens is 681 g/mol. The molecule has 2 heterocycles. The summed E-state index contributed by atoms with van der Waals surface area (Å²) in [5.74, 6) is -2.05. The van der Waals surface area contributed by atoms with Gasteiger partial charge in [-0.05, 0) is 53.5 Å². The van der Waals surface area contributed by atoms with Crippen LogP contribution in [0, 0.1) is 0 Å². The Morgan fingerprint density at radius 1 is 1.06 bits per heavy atom. The van der Waals surface area contributed by atoms with Crippen molar-refractivity contribution in [2.24, 2.45) is 5.16 Å². The second-order valence-corrected chi connectivity index (χ2v) is 20.6. The van der Waals surface area contributed by atoms with E-state index in [1.54, 1.807) is 46.1 Å². The Morgan fingerprint density at radius 2 is 1.67 bits per heavy atom. The van der Waals surface area contributed by atoms with Crippen LogP contribution in [0.2, 0.25) is 18.1 Å². The predicted octanol–water partition coefficient (Wildman–Crippen LogP) is 3.50. The summed E-state index contributed by atoms with van der Waals surface area (Å²) in [6, 6.07) is -1.95. The topological polar surface area (TPSA) is 213 Å². The third kappa shape index (κ3) is 12.0. The second-order valence-electron chi connectivity index (χ2n) is 14.6. The molecule has 0 saturated carbocycles. The zero-order chi connectivity index (χ0) is 37.5. The minimum atomic E-state index is -2.56. The molecule has 49 heavy (non-hydrogen) atoms. The number of thiazole rings is 1. The van der Waals surface area contributed by atoms with Crippen molar-refractivity contribution in [3.63, 3.8) is 0 Å². The van der Waals surface area contributed by atoms with Crippen molar-refractivity contribution in [2.45, 2.75) is 117 Å². The summed E-state index contributed by atoms with van der Waals surface area (Å²) in [7, 11) is -2.56. The van der Waals surface area contributed by atoms with Gasteiger partial charge in [-0.1, -0.05) is 39.0 Å². The van der Waals surface area contributed by atoms with Gasteiger partial charge in [0.2, 0.25) is 18.9 Å². The van der Waals surface area contributed by atoms with Gasteiger partial charge in [-0.2, -0.15) is 0 Å². The Bertz CT molecular complexity index is 1430. The van der Waals surface area contributed by atoms with E-state index >= 15 is 0 Å². The van der Waals surface area contributed by atoms with E-state index in [4.69, 9.17) is 23.8 Å². The lowest BCUT2D eigenvalue weighted by atomic mass is 9.99. The minimum Gasteiger partial charge on any atom is -0.457 e. The van der Waals surface area contributed by atoms with Gasteiger partial charge in [-0.15, -0.1) is 11.3 Å². The quantitative estimate of drug-likeness (QED) is 0.0389. The van der Waals surface area contributed by atoms with Crippen LogP contribution in [0.5, 0.6) is 0 Å². The molecule has 4 amide bonds. The van der Waals surface area contributed by atoms with Crippen LogP contribution in [-0.4, -0.2) is 103 Å². The molecule has 0 bridgehead atoms. The van der Waals surface area contributed by atoms with Crippen LogP contribution in [0.4, 0.5) is 14.7 Å². The van der Waals surface area contributed by atoms with Crippen molar-refractivity contribution in [1.29, 1.82) is 0 Å². The number of carbonyl (C=O) groups is 6. The third-order valence-corrected chi connectivity index (χ3v) is 13.4. The first-order valence-electron chi connectivity index (χ1n) is 15.4.